The molecule has 4 heteroatoms. The van der Waals surface area contributed by atoms with Crippen molar-refractivity contribution in [2.45, 2.75) is 51.0 Å². The first-order valence-electron chi connectivity index (χ1n) is 7.86. The third-order valence-corrected chi connectivity index (χ3v) is 4.87. The van der Waals surface area contributed by atoms with Crippen molar-refractivity contribution in [3.63, 3.8) is 0 Å². The van der Waals surface area contributed by atoms with Crippen molar-refractivity contribution in [3.8, 4) is 0 Å². The topological polar surface area (TPSA) is 45.5 Å². The van der Waals surface area contributed by atoms with Gasteiger partial charge in [0.1, 0.15) is 5.76 Å². The average Bonchev–Trinajstić information content (AvgIpc) is 2.96. The lowest BCUT2D eigenvalue weighted by atomic mass is 9.78. The third kappa shape index (κ3) is 2.26. The van der Waals surface area contributed by atoms with E-state index in [-0.39, 0.29) is 11.4 Å². The van der Waals surface area contributed by atoms with Crippen molar-refractivity contribution in [1.29, 1.82) is 0 Å². The molecule has 2 aliphatic rings. The number of aryl methyl sites for hydroxylation is 1. The zero-order valence-corrected chi connectivity index (χ0v) is 12.3. The number of piperazine rings is 1. The number of hydrogen-bond donors (Lipinski definition) is 1. The second-order valence-electron chi connectivity index (χ2n) is 6.03. The van der Waals surface area contributed by atoms with Crippen molar-refractivity contribution in [2.24, 2.45) is 0 Å². The Morgan fingerprint density at radius 1 is 1.40 bits per heavy atom. The van der Waals surface area contributed by atoms with Crippen LogP contribution in [0.15, 0.2) is 16.7 Å². The van der Waals surface area contributed by atoms with Crippen LogP contribution in [0.4, 0.5) is 0 Å². The molecule has 1 aromatic rings. The van der Waals surface area contributed by atoms with Crippen LogP contribution in [-0.2, 0) is 6.42 Å². The van der Waals surface area contributed by atoms with Gasteiger partial charge in [-0.25, -0.2) is 0 Å². The number of carbonyl (C=O) groups is 1. The number of nitrogens with zero attached hydrogens (tertiary/aromatic N) is 1. The molecule has 1 aliphatic carbocycles. The van der Waals surface area contributed by atoms with E-state index in [0.29, 0.717) is 0 Å². The molecule has 0 aromatic carbocycles. The van der Waals surface area contributed by atoms with Gasteiger partial charge >= 0.3 is 0 Å². The van der Waals surface area contributed by atoms with Crippen LogP contribution in [0.1, 0.15) is 55.1 Å². The van der Waals surface area contributed by atoms with E-state index in [0.717, 1.165) is 50.2 Å². The highest BCUT2D eigenvalue weighted by atomic mass is 16.3. The van der Waals surface area contributed by atoms with Crippen LogP contribution in [0.3, 0.4) is 0 Å². The molecular weight excluding hydrogens is 252 g/mol. The number of rotatable bonds is 2. The van der Waals surface area contributed by atoms with Crippen LogP contribution in [0.5, 0.6) is 0 Å². The second-order valence-corrected chi connectivity index (χ2v) is 6.03. The molecule has 20 heavy (non-hydrogen) atoms. The van der Waals surface area contributed by atoms with Crippen molar-refractivity contribution in [2.75, 3.05) is 19.6 Å². The van der Waals surface area contributed by atoms with Crippen LogP contribution in [0.25, 0.3) is 0 Å². The summed E-state index contributed by atoms with van der Waals surface area (Å²) in [6.07, 6.45) is 8.44. The van der Waals surface area contributed by atoms with E-state index in [2.05, 4.69) is 10.2 Å². The highest BCUT2D eigenvalue weighted by Gasteiger charge is 2.42. The summed E-state index contributed by atoms with van der Waals surface area (Å²) in [6.45, 7) is 4.68. The summed E-state index contributed by atoms with van der Waals surface area (Å²) >= 11 is 0. The summed E-state index contributed by atoms with van der Waals surface area (Å²) in [5, 5.41) is 3.49. The Hall–Kier alpha value is -1.29. The lowest BCUT2D eigenvalue weighted by Gasteiger charge is -2.49. The SMILES string of the molecule is CCc1occc1C(=O)N1CCNCC12CCCCC2. The average molecular weight is 276 g/mol. The van der Waals surface area contributed by atoms with Gasteiger partial charge in [0, 0.05) is 26.1 Å². The Balaban J connectivity index is 1.88. The predicted octanol–water partition coefficient (Wildman–Crippen LogP) is 2.59. The number of amides is 1. The van der Waals surface area contributed by atoms with Gasteiger partial charge in [0.2, 0.25) is 0 Å². The standard InChI is InChI=1S/C16H24N2O2/c1-2-14-13(6-11-20-14)15(19)18-10-9-17-12-16(18)7-4-3-5-8-16/h6,11,17H,2-5,7-10,12H2,1H3. The van der Waals surface area contributed by atoms with Gasteiger partial charge < -0.3 is 14.6 Å². The van der Waals surface area contributed by atoms with Crippen molar-refractivity contribution in [3.05, 3.63) is 23.7 Å². The first kappa shape index (κ1) is 13.7. The van der Waals surface area contributed by atoms with E-state index in [1.807, 2.05) is 13.0 Å². The zero-order valence-electron chi connectivity index (χ0n) is 12.3. The fourth-order valence-electron chi connectivity index (χ4n) is 3.77. The minimum atomic E-state index is 0.0376. The number of nitrogens with one attached hydrogen (secondary N) is 1. The van der Waals surface area contributed by atoms with Gasteiger partial charge in [-0.3, -0.25) is 4.79 Å². The highest BCUT2D eigenvalue weighted by molar-refractivity contribution is 5.95. The smallest absolute Gasteiger partial charge is 0.257 e. The van der Waals surface area contributed by atoms with E-state index < -0.39 is 0 Å². The van der Waals surface area contributed by atoms with Crippen molar-refractivity contribution >= 4 is 5.91 Å². The molecule has 110 valence electrons. The van der Waals surface area contributed by atoms with Crippen molar-refractivity contribution in [1.82, 2.24) is 10.2 Å². The minimum absolute atomic E-state index is 0.0376. The monoisotopic (exact) mass is 276 g/mol. The lowest BCUT2D eigenvalue weighted by molar-refractivity contribution is 0.0221. The van der Waals surface area contributed by atoms with Crippen LogP contribution < -0.4 is 5.32 Å². The number of furan rings is 1. The fraction of sp³-hybridized carbons (Fsp3) is 0.688. The van der Waals surface area contributed by atoms with Gasteiger partial charge in [-0.05, 0) is 18.9 Å². The molecule has 4 nitrogen and oxygen atoms in total. The summed E-state index contributed by atoms with van der Waals surface area (Å²) in [5.41, 5.74) is 0.801. The van der Waals surface area contributed by atoms with Crippen LogP contribution in [-0.4, -0.2) is 36.0 Å². The summed E-state index contributed by atoms with van der Waals surface area (Å²) in [5.74, 6) is 0.985. The third-order valence-electron chi connectivity index (χ3n) is 4.87. The number of hydrogen-bond acceptors (Lipinski definition) is 3. The Kier molecular flexibility index (Phi) is 3.83. The molecular formula is C16H24N2O2. The van der Waals surface area contributed by atoms with Gasteiger partial charge in [-0.2, -0.15) is 0 Å². The maximum atomic E-state index is 13.0. The van der Waals surface area contributed by atoms with Gasteiger partial charge in [0.05, 0.1) is 17.4 Å². The van der Waals surface area contributed by atoms with E-state index in [1.54, 1.807) is 6.26 Å². The van der Waals surface area contributed by atoms with E-state index in [9.17, 15) is 4.79 Å². The normalized spacial score (nSPS) is 22.1. The summed E-state index contributed by atoms with van der Waals surface area (Å²) < 4.78 is 5.44. The predicted molar refractivity (Wildman–Crippen MR) is 77.8 cm³/mol. The Morgan fingerprint density at radius 3 is 2.95 bits per heavy atom. The summed E-state index contributed by atoms with van der Waals surface area (Å²) in [6, 6.07) is 1.83. The molecule has 0 unspecified atom stereocenters. The molecule has 0 radical (unpaired) electrons. The molecule has 1 amide bonds. The van der Waals surface area contributed by atoms with E-state index in [1.165, 1.54) is 19.3 Å². The molecule has 1 aromatic heterocycles. The van der Waals surface area contributed by atoms with E-state index in [4.69, 9.17) is 4.42 Å². The summed E-state index contributed by atoms with van der Waals surface area (Å²) in [7, 11) is 0. The van der Waals surface area contributed by atoms with Gasteiger partial charge in [-0.15, -0.1) is 0 Å². The molecule has 0 bridgehead atoms. The molecule has 1 saturated carbocycles. The molecule has 1 aliphatic heterocycles. The lowest BCUT2D eigenvalue weighted by Crippen LogP contribution is -2.63. The first-order valence-corrected chi connectivity index (χ1v) is 7.86. The maximum Gasteiger partial charge on any atom is 0.257 e. The molecule has 2 fully saturated rings. The quantitative estimate of drug-likeness (QED) is 0.903. The van der Waals surface area contributed by atoms with Crippen molar-refractivity contribution < 1.29 is 9.21 Å². The minimum Gasteiger partial charge on any atom is -0.469 e. The largest absolute Gasteiger partial charge is 0.469 e. The maximum absolute atomic E-state index is 13.0. The zero-order chi connectivity index (χ0) is 14.0. The van der Waals surface area contributed by atoms with Crippen LogP contribution in [0.2, 0.25) is 0 Å². The first-order chi connectivity index (χ1) is 9.77. The van der Waals surface area contributed by atoms with Gasteiger partial charge in [0.15, 0.2) is 0 Å². The highest BCUT2D eigenvalue weighted by Crippen LogP contribution is 2.35. The number of carbonyl (C=O) groups excluding carboxylic acids is 1. The Morgan fingerprint density at radius 2 is 2.20 bits per heavy atom. The summed E-state index contributed by atoms with van der Waals surface area (Å²) in [4.78, 5) is 15.1. The second kappa shape index (κ2) is 5.60. The van der Waals surface area contributed by atoms with Gasteiger partial charge in [-0.1, -0.05) is 26.2 Å². The van der Waals surface area contributed by atoms with E-state index >= 15 is 0 Å². The van der Waals surface area contributed by atoms with Crippen LogP contribution in [0, 0.1) is 0 Å². The fourth-order valence-corrected chi connectivity index (χ4v) is 3.77. The molecule has 0 atom stereocenters. The molecule has 1 spiro atoms. The molecule has 2 heterocycles. The molecule has 1 N–H and O–H groups in total. The Labute approximate surface area is 120 Å². The van der Waals surface area contributed by atoms with Crippen LogP contribution >= 0.6 is 0 Å². The van der Waals surface area contributed by atoms with Gasteiger partial charge in [0.25, 0.3) is 5.91 Å². The Bertz CT molecular complexity index is 466. The molecule has 1 saturated heterocycles. The molecule has 3 rings (SSSR count).